The summed E-state index contributed by atoms with van der Waals surface area (Å²) >= 11 is 0. The van der Waals surface area contributed by atoms with E-state index in [0.29, 0.717) is 18.8 Å². The number of hydrazine groups is 1. The molecule has 1 atom stereocenters. The number of benzene rings is 2. The molecular formula is C25H25N5O3. The number of hydrogen-bond acceptors (Lipinski definition) is 4. The zero-order valence-electron chi connectivity index (χ0n) is 18.3. The minimum atomic E-state index is -1.10. The highest BCUT2D eigenvalue weighted by atomic mass is 16.2. The van der Waals surface area contributed by atoms with Crippen LogP contribution in [0.4, 0.5) is 4.79 Å². The van der Waals surface area contributed by atoms with Gasteiger partial charge in [-0.1, -0.05) is 48.5 Å². The minimum Gasteiger partial charge on any atom is -0.322 e. The summed E-state index contributed by atoms with van der Waals surface area (Å²) in [5.41, 5.74) is 4.33. The Morgan fingerprint density at radius 1 is 1.09 bits per heavy atom. The SMILES string of the molecule is C[C@@]1(CCc2ccccc2)NC(=O)N(NC(=O)c2cc(C3CC3)nn2-c2ccccc2)C1=O. The summed E-state index contributed by atoms with van der Waals surface area (Å²) in [6.45, 7) is 1.68. The molecule has 1 aliphatic heterocycles. The van der Waals surface area contributed by atoms with Gasteiger partial charge in [-0.3, -0.25) is 15.0 Å². The molecule has 1 aliphatic carbocycles. The van der Waals surface area contributed by atoms with Crippen molar-refractivity contribution in [3.63, 3.8) is 0 Å². The van der Waals surface area contributed by atoms with Gasteiger partial charge in [-0.25, -0.2) is 9.48 Å². The second-order valence-electron chi connectivity index (χ2n) is 8.81. The van der Waals surface area contributed by atoms with Gasteiger partial charge >= 0.3 is 6.03 Å². The number of rotatable bonds is 7. The van der Waals surface area contributed by atoms with E-state index < -0.39 is 23.4 Å². The average Bonchev–Trinajstić information content (AvgIpc) is 3.55. The van der Waals surface area contributed by atoms with E-state index in [0.717, 1.165) is 34.8 Å². The maximum absolute atomic E-state index is 13.2. The molecule has 2 fully saturated rings. The molecule has 2 aliphatic rings. The van der Waals surface area contributed by atoms with Crippen LogP contribution < -0.4 is 10.7 Å². The fourth-order valence-electron chi connectivity index (χ4n) is 4.06. The van der Waals surface area contributed by atoms with Crippen molar-refractivity contribution >= 4 is 17.8 Å². The maximum Gasteiger partial charge on any atom is 0.344 e. The van der Waals surface area contributed by atoms with Gasteiger partial charge in [0.25, 0.3) is 11.8 Å². The van der Waals surface area contributed by atoms with Crippen LogP contribution in [0, 0.1) is 0 Å². The van der Waals surface area contributed by atoms with Crippen LogP contribution >= 0.6 is 0 Å². The number of carbonyl (C=O) groups is 3. The zero-order valence-corrected chi connectivity index (χ0v) is 18.3. The number of urea groups is 1. The Kier molecular flexibility index (Phi) is 5.20. The number of carbonyl (C=O) groups excluding carboxylic acids is 3. The number of para-hydroxylation sites is 1. The molecule has 1 aromatic heterocycles. The van der Waals surface area contributed by atoms with Crippen LogP contribution in [0.5, 0.6) is 0 Å². The molecule has 8 heteroatoms. The topological polar surface area (TPSA) is 96.3 Å². The second-order valence-corrected chi connectivity index (χ2v) is 8.81. The number of nitrogens with one attached hydrogen (secondary N) is 2. The predicted octanol–water partition coefficient (Wildman–Crippen LogP) is 3.34. The van der Waals surface area contributed by atoms with Crippen molar-refractivity contribution in [3.05, 3.63) is 83.7 Å². The van der Waals surface area contributed by atoms with Crippen LogP contribution in [0.25, 0.3) is 5.69 Å². The first-order valence-corrected chi connectivity index (χ1v) is 11.1. The number of aryl methyl sites for hydroxylation is 1. The van der Waals surface area contributed by atoms with Crippen LogP contribution in [0.1, 0.15) is 53.8 Å². The van der Waals surface area contributed by atoms with Gasteiger partial charge in [0.1, 0.15) is 11.2 Å². The van der Waals surface area contributed by atoms with E-state index in [4.69, 9.17) is 0 Å². The molecule has 33 heavy (non-hydrogen) atoms. The monoisotopic (exact) mass is 443 g/mol. The molecule has 0 spiro atoms. The largest absolute Gasteiger partial charge is 0.344 e. The molecule has 2 N–H and O–H groups in total. The van der Waals surface area contributed by atoms with Gasteiger partial charge in [-0.2, -0.15) is 10.1 Å². The fourth-order valence-corrected chi connectivity index (χ4v) is 4.06. The molecule has 1 saturated heterocycles. The van der Waals surface area contributed by atoms with Crippen LogP contribution in [-0.4, -0.2) is 38.2 Å². The summed E-state index contributed by atoms with van der Waals surface area (Å²) in [7, 11) is 0. The average molecular weight is 444 g/mol. The van der Waals surface area contributed by atoms with Crippen molar-refractivity contribution in [3.8, 4) is 5.69 Å². The summed E-state index contributed by atoms with van der Waals surface area (Å²) in [4.78, 5) is 38.9. The smallest absolute Gasteiger partial charge is 0.322 e. The molecule has 8 nitrogen and oxygen atoms in total. The lowest BCUT2D eigenvalue weighted by Gasteiger charge is -2.21. The van der Waals surface area contributed by atoms with Gasteiger partial charge in [0.2, 0.25) is 0 Å². The molecule has 2 heterocycles. The fraction of sp³-hybridized carbons (Fsp3) is 0.280. The van der Waals surface area contributed by atoms with E-state index in [1.807, 2.05) is 60.7 Å². The van der Waals surface area contributed by atoms with Crippen LogP contribution in [-0.2, 0) is 11.2 Å². The van der Waals surface area contributed by atoms with Crippen molar-refractivity contribution in [2.45, 2.75) is 44.1 Å². The molecule has 0 bridgehead atoms. The van der Waals surface area contributed by atoms with Gasteiger partial charge in [-0.05, 0) is 56.4 Å². The zero-order chi connectivity index (χ0) is 23.0. The van der Waals surface area contributed by atoms with E-state index in [-0.39, 0.29) is 5.69 Å². The summed E-state index contributed by atoms with van der Waals surface area (Å²) in [6.07, 6.45) is 3.12. The van der Waals surface area contributed by atoms with Gasteiger partial charge in [0.05, 0.1) is 11.4 Å². The van der Waals surface area contributed by atoms with Crippen molar-refractivity contribution in [1.82, 2.24) is 25.5 Å². The normalized spacial score (nSPS) is 20.1. The number of nitrogens with zero attached hydrogens (tertiary/aromatic N) is 3. The first kappa shape index (κ1) is 20.9. The highest BCUT2D eigenvalue weighted by molar-refractivity contribution is 6.08. The maximum atomic E-state index is 13.2. The number of imide groups is 1. The third-order valence-electron chi connectivity index (χ3n) is 6.19. The van der Waals surface area contributed by atoms with Crippen molar-refractivity contribution in [1.29, 1.82) is 0 Å². The van der Waals surface area contributed by atoms with Crippen molar-refractivity contribution < 1.29 is 14.4 Å². The van der Waals surface area contributed by atoms with Gasteiger partial charge in [0, 0.05) is 5.92 Å². The first-order chi connectivity index (χ1) is 15.9. The summed E-state index contributed by atoms with van der Waals surface area (Å²) in [5.74, 6) is -0.696. The third kappa shape index (κ3) is 4.11. The van der Waals surface area contributed by atoms with E-state index in [1.165, 1.54) is 0 Å². The Morgan fingerprint density at radius 3 is 2.42 bits per heavy atom. The van der Waals surface area contributed by atoms with Crippen molar-refractivity contribution in [2.24, 2.45) is 0 Å². The quantitative estimate of drug-likeness (QED) is 0.548. The van der Waals surface area contributed by atoms with Gasteiger partial charge in [0.15, 0.2) is 0 Å². The standard InChI is InChI=1S/C25H25N5O3/c1-25(15-14-17-8-4-2-5-9-17)23(32)30(24(33)26-25)28-22(31)21-16-20(18-12-13-18)27-29(21)19-10-6-3-7-11-19/h2-11,16,18H,12-15H2,1H3,(H,26,33)(H,28,31)/t25-/m0/s1. The van der Waals surface area contributed by atoms with E-state index >= 15 is 0 Å². The number of amides is 4. The molecule has 0 radical (unpaired) electrons. The molecular weight excluding hydrogens is 418 g/mol. The van der Waals surface area contributed by atoms with E-state index in [9.17, 15) is 14.4 Å². The highest BCUT2D eigenvalue weighted by Crippen LogP contribution is 2.39. The summed E-state index contributed by atoms with van der Waals surface area (Å²) in [6, 6.07) is 20.2. The molecule has 168 valence electrons. The predicted molar refractivity (Wildman–Crippen MR) is 122 cm³/mol. The van der Waals surface area contributed by atoms with Crippen molar-refractivity contribution in [2.75, 3.05) is 0 Å². The Balaban J connectivity index is 1.34. The summed E-state index contributed by atoms with van der Waals surface area (Å²) < 4.78 is 1.57. The first-order valence-electron chi connectivity index (χ1n) is 11.1. The van der Waals surface area contributed by atoms with Crippen LogP contribution in [0.15, 0.2) is 66.7 Å². The molecule has 4 amide bonds. The van der Waals surface area contributed by atoms with Crippen LogP contribution in [0.3, 0.4) is 0 Å². The van der Waals surface area contributed by atoms with E-state index in [2.05, 4.69) is 15.8 Å². The minimum absolute atomic E-state index is 0.279. The Morgan fingerprint density at radius 2 is 1.76 bits per heavy atom. The number of aromatic nitrogens is 2. The van der Waals surface area contributed by atoms with Crippen LogP contribution in [0.2, 0.25) is 0 Å². The Bertz CT molecular complexity index is 1200. The Hall–Kier alpha value is -3.94. The highest BCUT2D eigenvalue weighted by Gasteiger charge is 2.48. The molecule has 2 aromatic carbocycles. The summed E-state index contributed by atoms with van der Waals surface area (Å²) in [5, 5.41) is 8.14. The molecule has 5 rings (SSSR count). The van der Waals surface area contributed by atoms with Gasteiger partial charge in [-0.15, -0.1) is 0 Å². The molecule has 1 saturated carbocycles. The number of hydrogen-bond donors (Lipinski definition) is 2. The lowest BCUT2D eigenvalue weighted by Crippen LogP contribution is -2.49. The lowest BCUT2D eigenvalue weighted by atomic mass is 9.93. The molecule has 3 aromatic rings. The molecule has 0 unspecified atom stereocenters. The lowest BCUT2D eigenvalue weighted by molar-refractivity contribution is -0.132. The Labute approximate surface area is 191 Å². The third-order valence-corrected chi connectivity index (χ3v) is 6.19. The second kappa shape index (κ2) is 8.20. The van der Waals surface area contributed by atoms with Gasteiger partial charge < -0.3 is 5.32 Å². The van der Waals surface area contributed by atoms with E-state index in [1.54, 1.807) is 17.7 Å².